The summed E-state index contributed by atoms with van der Waals surface area (Å²) >= 11 is 6.06. The zero-order valence-corrected chi connectivity index (χ0v) is 14.3. The fourth-order valence-electron chi connectivity index (χ4n) is 2.44. The van der Waals surface area contributed by atoms with Crippen molar-refractivity contribution in [2.75, 3.05) is 39.0 Å². The maximum absolute atomic E-state index is 12.1. The van der Waals surface area contributed by atoms with E-state index in [-0.39, 0.29) is 10.8 Å². The van der Waals surface area contributed by atoms with E-state index in [1.165, 1.54) is 37.2 Å². The molecule has 2 N–H and O–H groups in total. The number of likely N-dealkylation sites (tertiary alicyclic amines) is 1. The van der Waals surface area contributed by atoms with Gasteiger partial charge in [-0.15, -0.1) is 0 Å². The van der Waals surface area contributed by atoms with E-state index in [0.29, 0.717) is 17.3 Å². The van der Waals surface area contributed by atoms with Crippen molar-refractivity contribution in [1.82, 2.24) is 4.31 Å². The summed E-state index contributed by atoms with van der Waals surface area (Å²) in [5, 5.41) is 3.04. The van der Waals surface area contributed by atoms with Gasteiger partial charge in [-0.25, -0.2) is 12.7 Å². The number of carbonyl (C=O) groups is 1. The molecular formula is C14H21ClN3O3S+. The second-order valence-electron chi connectivity index (χ2n) is 5.61. The lowest BCUT2D eigenvalue weighted by atomic mass is 10.3. The zero-order chi connectivity index (χ0) is 16.3. The number of rotatable bonds is 5. The Bertz CT molecular complexity index is 655. The van der Waals surface area contributed by atoms with Gasteiger partial charge in [0.15, 0.2) is 6.54 Å². The van der Waals surface area contributed by atoms with Crippen LogP contribution in [0.5, 0.6) is 0 Å². The van der Waals surface area contributed by atoms with E-state index in [2.05, 4.69) is 5.32 Å². The lowest BCUT2D eigenvalue weighted by molar-refractivity contribution is -0.878. The van der Waals surface area contributed by atoms with Crippen molar-refractivity contribution in [3.63, 3.8) is 0 Å². The van der Waals surface area contributed by atoms with Gasteiger partial charge in [0.2, 0.25) is 10.0 Å². The van der Waals surface area contributed by atoms with Crippen LogP contribution in [0.1, 0.15) is 12.8 Å². The molecule has 0 radical (unpaired) electrons. The largest absolute Gasteiger partial charge is 0.327 e. The minimum atomic E-state index is -3.56. The number of benzene rings is 1. The van der Waals surface area contributed by atoms with Crippen LogP contribution >= 0.6 is 11.6 Å². The molecule has 0 spiro atoms. The maximum Gasteiger partial charge on any atom is 0.279 e. The monoisotopic (exact) mass is 346 g/mol. The minimum absolute atomic E-state index is 0.103. The molecule has 6 nitrogen and oxygen atoms in total. The number of carbonyl (C=O) groups excluding carboxylic acids is 1. The Morgan fingerprint density at radius 3 is 2.55 bits per heavy atom. The molecule has 22 heavy (non-hydrogen) atoms. The Balaban J connectivity index is 2.15. The van der Waals surface area contributed by atoms with E-state index in [9.17, 15) is 13.2 Å². The number of halogens is 1. The van der Waals surface area contributed by atoms with Gasteiger partial charge in [-0.2, -0.15) is 0 Å². The smallest absolute Gasteiger partial charge is 0.279 e. The van der Waals surface area contributed by atoms with Gasteiger partial charge in [0, 0.05) is 26.9 Å². The van der Waals surface area contributed by atoms with Crippen LogP contribution in [0, 0.1) is 0 Å². The van der Waals surface area contributed by atoms with Crippen LogP contribution in [0.4, 0.5) is 5.69 Å². The average molecular weight is 347 g/mol. The Hall–Kier alpha value is -1.15. The van der Waals surface area contributed by atoms with E-state index < -0.39 is 10.0 Å². The number of quaternary nitrogens is 1. The van der Waals surface area contributed by atoms with Crippen LogP contribution in [-0.4, -0.2) is 52.4 Å². The van der Waals surface area contributed by atoms with Crippen LogP contribution in [0.3, 0.4) is 0 Å². The molecule has 1 aliphatic rings. The van der Waals surface area contributed by atoms with Gasteiger partial charge in [-0.3, -0.25) is 4.79 Å². The minimum Gasteiger partial charge on any atom is -0.327 e. The highest BCUT2D eigenvalue weighted by molar-refractivity contribution is 7.89. The highest BCUT2D eigenvalue weighted by Crippen LogP contribution is 2.26. The SMILES string of the molecule is CN(C)S(=O)(=O)c1ccc(Cl)c(NC(=O)C[NH+]2CCCC2)c1. The van der Waals surface area contributed by atoms with E-state index in [1.807, 2.05) is 0 Å². The second kappa shape index (κ2) is 6.95. The third kappa shape index (κ3) is 3.98. The molecule has 0 atom stereocenters. The van der Waals surface area contributed by atoms with Crippen molar-refractivity contribution in [2.45, 2.75) is 17.7 Å². The number of hydrogen-bond donors (Lipinski definition) is 2. The molecule has 122 valence electrons. The van der Waals surface area contributed by atoms with Crippen molar-refractivity contribution in [3.8, 4) is 0 Å². The number of sulfonamides is 1. The number of amides is 1. The third-order valence-electron chi connectivity index (χ3n) is 3.71. The molecule has 1 amide bonds. The van der Waals surface area contributed by atoms with E-state index in [1.54, 1.807) is 0 Å². The molecule has 1 heterocycles. The normalized spacial score (nSPS) is 16.2. The number of anilines is 1. The van der Waals surface area contributed by atoms with Crippen LogP contribution in [0.2, 0.25) is 5.02 Å². The summed E-state index contributed by atoms with van der Waals surface area (Å²) in [4.78, 5) is 13.4. The van der Waals surface area contributed by atoms with Crippen LogP contribution < -0.4 is 10.2 Å². The quantitative estimate of drug-likeness (QED) is 0.800. The predicted octanol–water partition coefficient (Wildman–Crippen LogP) is 0.208. The average Bonchev–Trinajstić information content (AvgIpc) is 2.93. The lowest BCUT2D eigenvalue weighted by Crippen LogP contribution is -3.11. The lowest BCUT2D eigenvalue weighted by Gasteiger charge is -2.15. The standard InChI is InChI=1S/C14H20ClN3O3S/c1-17(2)22(20,21)11-5-6-12(15)13(9-11)16-14(19)10-18-7-3-4-8-18/h5-6,9H,3-4,7-8,10H2,1-2H3,(H,16,19)/p+1. The summed E-state index contributed by atoms with van der Waals surface area (Å²) in [6.07, 6.45) is 2.28. The first kappa shape index (κ1) is 17.2. The van der Waals surface area contributed by atoms with Gasteiger partial charge >= 0.3 is 0 Å². The molecule has 1 aliphatic heterocycles. The number of hydrogen-bond acceptors (Lipinski definition) is 3. The first-order valence-electron chi connectivity index (χ1n) is 7.16. The highest BCUT2D eigenvalue weighted by atomic mass is 35.5. The van der Waals surface area contributed by atoms with Crippen LogP contribution in [0.15, 0.2) is 23.1 Å². The van der Waals surface area contributed by atoms with Crippen molar-refractivity contribution in [1.29, 1.82) is 0 Å². The molecular weight excluding hydrogens is 326 g/mol. The highest BCUT2D eigenvalue weighted by Gasteiger charge is 2.21. The summed E-state index contributed by atoms with van der Waals surface area (Å²) in [5.41, 5.74) is 0.327. The van der Waals surface area contributed by atoms with E-state index in [4.69, 9.17) is 11.6 Å². The van der Waals surface area contributed by atoms with Gasteiger partial charge in [0.05, 0.1) is 28.7 Å². The molecule has 1 saturated heterocycles. The summed E-state index contributed by atoms with van der Waals surface area (Å²) in [6.45, 7) is 2.37. The molecule has 1 fully saturated rings. The van der Waals surface area contributed by atoms with Crippen LogP contribution in [-0.2, 0) is 14.8 Å². The fourth-order valence-corrected chi connectivity index (χ4v) is 3.54. The molecule has 0 aromatic heterocycles. The molecule has 0 bridgehead atoms. The first-order chi connectivity index (χ1) is 10.3. The zero-order valence-electron chi connectivity index (χ0n) is 12.7. The van der Waals surface area contributed by atoms with Gasteiger partial charge in [0.25, 0.3) is 5.91 Å². The second-order valence-corrected chi connectivity index (χ2v) is 8.17. The Kier molecular flexibility index (Phi) is 5.44. The maximum atomic E-state index is 12.1. The summed E-state index contributed by atoms with van der Waals surface area (Å²) < 4.78 is 25.4. The topological polar surface area (TPSA) is 70.9 Å². The predicted molar refractivity (Wildman–Crippen MR) is 85.8 cm³/mol. The molecule has 2 rings (SSSR count). The fraction of sp³-hybridized carbons (Fsp3) is 0.500. The first-order valence-corrected chi connectivity index (χ1v) is 8.98. The number of nitrogens with zero attached hydrogens (tertiary/aromatic N) is 1. The van der Waals surface area contributed by atoms with Crippen molar-refractivity contribution >= 4 is 33.2 Å². The van der Waals surface area contributed by atoms with E-state index in [0.717, 1.165) is 30.2 Å². The molecule has 0 aliphatic carbocycles. The van der Waals surface area contributed by atoms with E-state index >= 15 is 0 Å². The van der Waals surface area contributed by atoms with Crippen molar-refractivity contribution in [2.24, 2.45) is 0 Å². The van der Waals surface area contributed by atoms with Gasteiger partial charge in [0.1, 0.15) is 0 Å². The molecule has 1 aromatic rings. The summed E-state index contributed by atoms with van der Waals surface area (Å²) in [5.74, 6) is -0.154. The van der Waals surface area contributed by atoms with Crippen molar-refractivity contribution in [3.05, 3.63) is 23.2 Å². The van der Waals surface area contributed by atoms with Gasteiger partial charge in [-0.05, 0) is 18.2 Å². The summed E-state index contributed by atoms with van der Waals surface area (Å²) in [6, 6.07) is 4.31. The Morgan fingerprint density at radius 2 is 1.95 bits per heavy atom. The molecule has 1 aromatic carbocycles. The summed E-state index contributed by atoms with van der Waals surface area (Å²) in [7, 11) is -0.642. The molecule has 0 saturated carbocycles. The van der Waals surface area contributed by atoms with Gasteiger partial charge < -0.3 is 10.2 Å². The van der Waals surface area contributed by atoms with Crippen molar-refractivity contribution < 1.29 is 18.1 Å². The molecule has 8 heteroatoms. The van der Waals surface area contributed by atoms with Crippen LogP contribution in [0.25, 0.3) is 0 Å². The van der Waals surface area contributed by atoms with Gasteiger partial charge in [-0.1, -0.05) is 11.6 Å². The third-order valence-corrected chi connectivity index (χ3v) is 5.85. The molecule has 0 unspecified atom stereocenters. The number of nitrogens with one attached hydrogen (secondary N) is 2. The Labute approximate surface area is 136 Å². The Morgan fingerprint density at radius 1 is 1.32 bits per heavy atom.